The van der Waals surface area contributed by atoms with Crippen LogP contribution in [0.25, 0.3) is 0 Å². The number of hydrogen-bond donors (Lipinski definition) is 2. The van der Waals surface area contributed by atoms with Crippen LogP contribution >= 0.6 is 0 Å². The normalized spacial score (nSPS) is 10.8. The van der Waals surface area contributed by atoms with Gasteiger partial charge >= 0.3 is 0 Å². The highest BCUT2D eigenvalue weighted by molar-refractivity contribution is 5.52. The minimum Gasteiger partial charge on any atom is -0.490 e. The van der Waals surface area contributed by atoms with Gasteiger partial charge in [-0.3, -0.25) is 4.90 Å². The molecule has 0 bridgehead atoms. The lowest BCUT2D eigenvalue weighted by molar-refractivity contribution is 0.177. The minimum absolute atomic E-state index is 0.599. The van der Waals surface area contributed by atoms with Crippen molar-refractivity contribution < 1.29 is 9.47 Å². The van der Waals surface area contributed by atoms with Crippen LogP contribution in [0.2, 0.25) is 0 Å². The predicted molar refractivity (Wildman–Crippen MR) is 99.4 cm³/mol. The van der Waals surface area contributed by atoms with Crippen LogP contribution in [-0.2, 0) is 0 Å². The van der Waals surface area contributed by atoms with E-state index in [9.17, 15) is 0 Å². The van der Waals surface area contributed by atoms with E-state index < -0.39 is 0 Å². The number of benzene rings is 2. The van der Waals surface area contributed by atoms with E-state index in [1.807, 2.05) is 48.5 Å². The van der Waals surface area contributed by atoms with Crippen LogP contribution in [0.1, 0.15) is 13.3 Å². The number of nitrogens with zero attached hydrogens (tertiary/aromatic N) is 1. The molecule has 0 aromatic heterocycles. The molecular formula is C19H27N3O2. The van der Waals surface area contributed by atoms with Crippen molar-refractivity contribution in [1.29, 1.82) is 0 Å². The van der Waals surface area contributed by atoms with Crippen LogP contribution in [0.4, 0.5) is 11.4 Å². The molecule has 0 atom stereocenters. The van der Waals surface area contributed by atoms with Crippen molar-refractivity contribution in [2.45, 2.75) is 13.3 Å². The van der Waals surface area contributed by atoms with Crippen LogP contribution in [0.15, 0.2) is 48.5 Å². The number of anilines is 2. The lowest BCUT2D eigenvalue weighted by Gasteiger charge is -2.22. The van der Waals surface area contributed by atoms with Gasteiger partial charge in [0.05, 0.1) is 11.4 Å². The summed E-state index contributed by atoms with van der Waals surface area (Å²) >= 11 is 0. The average Bonchev–Trinajstić information content (AvgIpc) is 2.58. The van der Waals surface area contributed by atoms with Gasteiger partial charge in [-0.15, -0.1) is 0 Å². The molecule has 5 nitrogen and oxygen atoms in total. The molecule has 0 aliphatic heterocycles. The van der Waals surface area contributed by atoms with E-state index in [-0.39, 0.29) is 0 Å². The lowest BCUT2D eigenvalue weighted by atomic mass is 10.3. The Labute approximate surface area is 144 Å². The van der Waals surface area contributed by atoms with Crippen molar-refractivity contribution in [3.05, 3.63) is 48.5 Å². The van der Waals surface area contributed by atoms with Crippen molar-refractivity contribution in [2.75, 3.05) is 44.3 Å². The molecule has 0 heterocycles. The van der Waals surface area contributed by atoms with Gasteiger partial charge in [-0.2, -0.15) is 0 Å². The maximum atomic E-state index is 5.88. The summed E-state index contributed by atoms with van der Waals surface area (Å²) in [5.74, 6) is 1.48. The summed E-state index contributed by atoms with van der Waals surface area (Å²) in [6, 6.07) is 15.1. The van der Waals surface area contributed by atoms with E-state index in [4.69, 9.17) is 20.9 Å². The van der Waals surface area contributed by atoms with E-state index in [0.29, 0.717) is 24.6 Å². The maximum Gasteiger partial charge on any atom is 0.142 e. The fraction of sp³-hybridized carbons (Fsp3) is 0.368. The van der Waals surface area contributed by atoms with E-state index in [1.54, 1.807) is 0 Å². The van der Waals surface area contributed by atoms with Crippen LogP contribution in [0, 0.1) is 0 Å². The Kier molecular flexibility index (Phi) is 7.23. The fourth-order valence-electron chi connectivity index (χ4n) is 2.44. The second kappa shape index (κ2) is 9.67. The largest absolute Gasteiger partial charge is 0.490 e. The Morgan fingerprint density at radius 2 is 1.21 bits per heavy atom. The van der Waals surface area contributed by atoms with Crippen molar-refractivity contribution in [2.24, 2.45) is 0 Å². The van der Waals surface area contributed by atoms with Gasteiger partial charge in [0.15, 0.2) is 0 Å². The average molecular weight is 329 g/mol. The number of rotatable bonds is 10. The smallest absolute Gasteiger partial charge is 0.142 e. The minimum atomic E-state index is 0.599. The van der Waals surface area contributed by atoms with E-state index in [0.717, 1.165) is 37.6 Å². The quantitative estimate of drug-likeness (QED) is 0.656. The fourth-order valence-corrected chi connectivity index (χ4v) is 2.44. The Bertz CT molecular complexity index is 568. The van der Waals surface area contributed by atoms with Gasteiger partial charge in [0, 0.05) is 13.1 Å². The molecule has 0 amide bonds. The molecule has 0 radical (unpaired) electrons. The van der Waals surface area contributed by atoms with Crippen LogP contribution in [0.3, 0.4) is 0 Å². The zero-order chi connectivity index (χ0) is 17.2. The third-order valence-corrected chi connectivity index (χ3v) is 3.71. The number of para-hydroxylation sites is 4. The molecule has 0 aliphatic rings. The Morgan fingerprint density at radius 3 is 1.62 bits per heavy atom. The van der Waals surface area contributed by atoms with Gasteiger partial charge < -0.3 is 20.9 Å². The highest BCUT2D eigenvalue weighted by Crippen LogP contribution is 2.20. The summed E-state index contributed by atoms with van der Waals surface area (Å²) in [4.78, 5) is 2.32. The summed E-state index contributed by atoms with van der Waals surface area (Å²) in [6.07, 6.45) is 1.08. The molecular weight excluding hydrogens is 302 g/mol. The zero-order valence-electron chi connectivity index (χ0n) is 14.3. The maximum absolute atomic E-state index is 5.88. The van der Waals surface area contributed by atoms with E-state index in [2.05, 4.69) is 11.8 Å². The highest BCUT2D eigenvalue weighted by atomic mass is 16.5. The Balaban J connectivity index is 1.75. The predicted octanol–water partition coefficient (Wildman–Crippen LogP) is 3.02. The van der Waals surface area contributed by atoms with Gasteiger partial charge in [-0.25, -0.2) is 0 Å². The number of ether oxygens (including phenoxy) is 2. The molecule has 2 aromatic rings. The number of hydrogen-bond acceptors (Lipinski definition) is 5. The second-order valence-electron chi connectivity index (χ2n) is 5.61. The van der Waals surface area contributed by atoms with E-state index >= 15 is 0 Å². The first-order valence-corrected chi connectivity index (χ1v) is 8.37. The molecule has 4 N–H and O–H groups in total. The topological polar surface area (TPSA) is 73.7 Å². The van der Waals surface area contributed by atoms with Gasteiger partial charge in [-0.05, 0) is 37.2 Å². The summed E-state index contributed by atoms with van der Waals surface area (Å²) in [5.41, 5.74) is 13.1. The number of nitrogens with two attached hydrogens (primary N) is 2. The molecule has 0 saturated heterocycles. The van der Waals surface area contributed by atoms with Crippen molar-refractivity contribution in [3.63, 3.8) is 0 Å². The molecule has 2 aromatic carbocycles. The second-order valence-corrected chi connectivity index (χ2v) is 5.61. The van der Waals surface area contributed by atoms with Crippen LogP contribution < -0.4 is 20.9 Å². The van der Waals surface area contributed by atoms with Gasteiger partial charge in [-0.1, -0.05) is 31.2 Å². The summed E-state index contributed by atoms with van der Waals surface area (Å²) in [7, 11) is 0. The van der Waals surface area contributed by atoms with Crippen LogP contribution in [0.5, 0.6) is 11.5 Å². The third kappa shape index (κ3) is 5.66. The van der Waals surface area contributed by atoms with E-state index in [1.165, 1.54) is 0 Å². The first-order valence-electron chi connectivity index (χ1n) is 8.37. The lowest BCUT2D eigenvalue weighted by Crippen LogP contribution is -2.33. The molecule has 2 rings (SSSR count). The third-order valence-electron chi connectivity index (χ3n) is 3.71. The van der Waals surface area contributed by atoms with Crippen molar-refractivity contribution in [1.82, 2.24) is 4.90 Å². The van der Waals surface area contributed by atoms with Crippen molar-refractivity contribution in [3.8, 4) is 11.5 Å². The summed E-state index contributed by atoms with van der Waals surface area (Å²) in [6.45, 7) is 6.02. The zero-order valence-corrected chi connectivity index (χ0v) is 14.3. The monoisotopic (exact) mass is 329 g/mol. The van der Waals surface area contributed by atoms with Crippen LogP contribution in [-0.4, -0.2) is 37.7 Å². The van der Waals surface area contributed by atoms with Gasteiger partial charge in [0.1, 0.15) is 24.7 Å². The molecule has 0 fully saturated rings. The summed E-state index contributed by atoms with van der Waals surface area (Å²) in [5, 5.41) is 0. The number of nitrogen functional groups attached to an aromatic ring is 2. The molecule has 130 valence electrons. The molecule has 5 heteroatoms. The Hall–Kier alpha value is -2.40. The van der Waals surface area contributed by atoms with Crippen molar-refractivity contribution >= 4 is 11.4 Å². The summed E-state index contributed by atoms with van der Waals surface area (Å²) < 4.78 is 11.5. The molecule has 0 saturated carbocycles. The Morgan fingerprint density at radius 1 is 0.750 bits per heavy atom. The van der Waals surface area contributed by atoms with Gasteiger partial charge in [0.25, 0.3) is 0 Å². The molecule has 0 spiro atoms. The standard InChI is InChI=1S/C19H27N3O2/c1-2-11-22(12-14-23-18-9-5-3-7-16(18)20)13-15-24-19-10-6-4-8-17(19)21/h3-10H,2,11-15,20-21H2,1H3. The van der Waals surface area contributed by atoms with Gasteiger partial charge in [0.2, 0.25) is 0 Å². The first-order chi connectivity index (χ1) is 11.7. The SMILES string of the molecule is CCCN(CCOc1ccccc1N)CCOc1ccccc1N. The molecule has 0 aliphatic carbocycles. The molecule has 0 unspecified atom stereocenters. The highest BCUT2D eigenvalue weighted by Gasteiger charge is 2.06. The molecule has 24 heavy (non-hydrogen) atoms. The first kappa shape index (κ1) is 17.9.